The zero-order chi connectivity index (χ0) is 18.9. The first-order valence-electron chi connectivity index (χ1n) is 10.3. The summed E-state index contributed by atoms with van der Waals surface area (Å²) in [5, 5.41) is 9.63. The summed E-state index contributed by atoms with van der Waals surface area (Å²) in [6.07, 6.45) is 10.0. The summed E-state index contributed by atoms with van der Waals surface area (Å²) in [6, 6.07) is 0. The van der Waals surface area contributed by atoms with Gasteiger partial charge in [0.1, 0.15) is 6.61 Å². The van der Waals surface area contributed by atoms with Crippen molar-refractivity contribution >= 4 is 11.6 Å². The van der Waals surface area contributed by atoms with E-state index in [1.165, 1.54) is 11.1 Å². The zero-order valence-electron chi connectivity index (χ0n) is 16.6. The van der Waals surface area contributed by atoms with E-state index >= 15 is 0 Å². The van der Waals surface area contributed by atoms with Gasteiger partial charge in [0.25, 0.3) is 0 Å². The monoisotopic (exact) mass is 356 g/mol. The van der Waals surface area contributed by atoms with Gasteiger partial charge in [0.15, 0.2) is 11.6 Å². The van der Waals surface area contributed by atoms with Gasteiger partial charge in [-0.1, -0.05) is 44.9 Å². The van der Waals surface area contributed by atoms with Crippen molar-refractivity contribution in [3.8, 4) is 0 Å². The number of aliphatic hydroxyl groups is 1. The van der Waals surface area contributed by atoms with Crippen LogP contribution in [0.1, 0.15) is 66.2 Å². The third-order valence-corrected chi connectivity index (χ3v) is 9.23. The Hall–Kier alpha value is -1.22. The Morgan fingerprint density at radius 1 is 1.27 bits per heavy atom. The molecule has 2 saturated carbocycles. The Morgan fingerprint density at radius 3 is 2.69 bits per heavy atom. The number of aliphatic hydroxyl groups excluding tert-OH is 1. The topological polar surface area (TPSA) is 54.4 Å². The number of fused-ring (bicyclic) bond motifs is 5. The van der Waals surface area contributed by atoms with Crippen molar-refractivity contribution in [1.29, 1.82) is 0 Å². The smallest absolute Gasteiger partial charge is 0.164 e. The fourth-order valence-corrected chi connectivity index (χ4v) is 7.18. The van der Waals surface area contributed by atoms with Crippen LogP contribution in [0.5, 0.6) is 0 Å². The number of ketones is 2. The van der Waals surface area contributed by atoms with Gasteiger partial charge in [-0.3, -0.25) is 9.59 Å². The number of carbonyl (C=O) groups is 2. The molecule has 0 aromatic heterocycles. The van der Waals surface area contributed by atoms with Crippen LogP contribution in [-0.2, 0) is 9.59 Å². The van der Waals surface area contributed by atoms with E-state index in [2.05, 4.69) is 33.8 Å². The third-order valence-electron chi connectivity index (χ3n) is 9.23. The third kappa shape index (κ3) is 2.04. The normalized spacial score (nSPS) is 47.4. The van der Waals surface area contributed by atoms with Crippen LogP contribution in [0.15, 0.2) is 23.3 Å². The molecular formula is C23H32O3. The second kappa shape index (κ2) is 5.64. The van der Waals surface area contributed by atoms with Gasteiger partial charge in [0, 0.05) is 17.3 Å². The molecule has 6 unspecified atom stereocenters. The van der Waals surface area contributed by atoms with Crippen LogP contribution >= 0.6 is 0 Å². The summed E-state index contributed by atoms with van der Waals surface area (Å²) >= 11 is 0. The van der Waals surface area contributed by atoms with Crippen LogP contribution in [0, 0.1) is 34.0 Å². The molecule has 2 fully saturated rings. The number of hydrogen-bond acceptors (Lipinski definition) is 3. The quantitative estimate of drug-likeness (QED) is 0.753. The van der Waals surface area contributed by atoms with Crippen molar-refractivity contribution in [1.82, 2.24) is 0 Å². The van der Waals surface area contributed by atoms with Crippen LogP contribution < -0.4 is 0 Å². The summed E-state index contributed by atoms with van der Waals surface area (Å²) < 4.78 is 0. The van der Waals surface area contributed by atoms with E-state index < -0.39 is 5.41 Å². The first kappa shape index (κ1) is 18.2. The highest BCUT2D eigenvalue weighted by atomic mass is 16.3. The predicted molar refractivity (Wildman–Crippen MR) is 101 cm³/mol. The highest BCUT2D eigenvalue weighted by Crippen LogP contribution is 2.69. The Labute approximate surface area is 156 Å². The fraction of sp³-hybridized carbons (Fsp3) is 0.739. The Bertz CT molecular complexity index is 732. The summed E-state index contributed by atoms with van der Waals surface area (Å²) in [7, 11) is 0. The lowest BCUT2D eigenvalue weighted by Crippen LogP contribution is -2.51. The molecule has 4 aliphatic carbocycles. The molecule has 3 heteroatoms. The van der Waals surface area contributed by atoms with Crippen LogP contribution in [0.4, 0.5) is 0 Å². The van der Waals surface area contributed by atoms with E-state index in [-0.39, 0.29) is 29.0 Å². The summed E-state index contributed by atoms with van der Waals surface area (Å²) in [4.78, 5) is 24.7. The SMILES string of the molecule is CC1CC2C3CCC4=CC(=O)CCC4(C)C3=CCC2(C)C1(C)C(=O)CO. The highest BCUT2D eigenvalue weighted by Gasteiger charge is 2.65. The lowest BCUT2D eigenvalue weighted by molar-refractivity contribution is -0.141. The van der Waals surface area contributed by atoms with Gasteiger partial charge in [0.05, 0.1) is 0 Å². The molecule has 3 nitrogen and oxygen atoms in total. The Morgan fingerprint density at radius 2 is 2.00 bits per heavy atom. The summed E-state index contributed by atoms with van der Waals surface area (Å²) in [6.45, 7) is 8.58. The van der Waals surface area contributed by atoms with Crippen molar-refractivity contribution in [2.24, 2.45) is 34.0 Å². The zero-order valence-corrected chi connectivity index (χ0v) is 16.6. The largest absolute Gasteiger partial charge is 0.389 e. The minimum absolute atomic E-state index is 0.0118. The molecule has 4 rings (SSSR count). The molecule has 0 heterocycles. The number of Topliss-reactive ketones (excluding diaryl/α,β-unsaturated/α-hetero) is 1. The Balaban J connectivity index is 1.78. The molecule has 142 valence electrons. The van der Waals surface area contributed by atoms with E-state index in [4.69, 9.17) is 0 Å². The lowest BCUT2D eigenvalue weighted by Gasteiger charge is -2.55. The number of allylic oxidation sites excluding steroid dienone is 4. The molecular weight excluding hydrogens is 324 g/mol. The maximum Gasteiger partial charge on any atom is 0.164 e. The van der Waals surface area contributed by atoms with Crippen LogP contribution in [-0.4, -0.2) is 23.3 Å². The van der Waals surface area contributed by atoms with Crippen molar-refractivity contribution in [2.45, 2.75) is 66.2 Å². The minimum atomic E-state index is -0.450. The van der Waals surface area contributed by atoms with E-state index in [1.807, 2.05) is 6.08 Å². The van der Waals surface area contributed by atoms with Crippen LogP contribution in [0.3, 0.4) is 0 Å². The molecule has 0 amide bonds. The maximum absolute atomic E-state index is 12.8. The van der Waals surface area contributed by atoms with Gasteiger partial charge in [-0.05, 0) is 61.3 Å². The van der Waals surface area contributed by atoms with Crippen molar-refractivity contribution in [3.63, 3.8) is 0 Å². The molecule has 1 N–H and O–H groups in total. The van der Waals surface area contributed by atoms with Gasteiger partial charge < -0.3 is 5.11 Å². The lowest BCUT2D eigenvalue weighted by atomic mass is 9.48. The molecule has 26 heavy (non-hydrogen) atoms. The van der Waals surface area contributed by atoms with Crippen LogP contribution in [0.25, 0.3) is 0 Å². The number of carbonyl (C=O) groups excluding carboxylic acids is 2. The summed E-state index contributed by atoms with van der Waals surface area (Å²) in [5.74, 6) is 1.60. The van der Waals surface area contributed by atoms with Crippen LogP contribution in [0.2, 0.25) is 0 Å². The first-order valence-corrected chi connectivity index (χ1v) is 10.3. The second-order valence-electron chi connectivity index (χ2n) is 9.92. The molecule has 0 aromatic rings. The standard InChI is InChI=1S/C23H32O3/c1-14-11-19-17-6-5-15-12-16(25)7-9-21(15,2)18(17)8-10-22(19,3)23(14,4)20(26)13-24/h8,12,14,17,19,24H,5-7,9-11,13H2,1-4H3. The van der Waals surface area contributed by atoms with E-state index in [0.29, 0.717) is 24.2 Å². The molecule has 4 aliphatic rings. The number of rotatable bonds is 2. The molecule has 6 atom stereocenters. The van der Waals surface area contributed by atoms with Gasteiger partial charge in [0.2, 0.25) is 0 Å². The van der Waals surface area contributed by atoms with E-state index in [0.717, 1.165) is 32.1 Å². The fourth-order valence-electron chi connectivity index (χ4n) is 7.18. The average Bonchev–Trinajstić information content (AvgIpc) is 2.83. The molecule has 0 bridgehead atoms. The van der Waals surface area contributed by atoms with Crippen molar-refractivity contribution in [3.05, 3.63) is 23.3 Å². The highest BCUT2D eigenvalue weighted by molar-refractivity contribution is 5.92. The van der Waals surface area contributed by atoms with Gasteiger partial charge in [-0.25, -0.2) is 0 Å². The maximum atomic E-state index is 12.8. The van der Waals surface area contributed by atoms with Gasteiger partial charge in [-0.15, -0.1) is 0 Å². The molecule has 0 radical (unpaired) electrons. The Kier molecular flexibility index (Phi) is 3.94. The van der Waals surface area contributed by atoms with Crippen molar-refractivity contribution in [2.75, 3.05) is 6.61 Å². The van der Waals surface area contributed by atoms with E-state index in [9.17, 15) is 14.7 Å². The number of hydrogen-bond donors (Lipinski definition) is 1. The molecule has 0 aliphatic heterocycles. The first-order chi connectivity index (χ1) is 12.2. The molecule has 0 saturated heterocycles. The molecule has 0 aromatic carbocycles. The average molecular weight is 357 g/mol. The summed E-state index contributed by atoms with van der Waals surface area (Å²) in [5.41, 5.74) is 2.38. The van der Waals surface area contributed by atoms with E-state index in [1.54, 1.807) is 0 Å². The second-order valence-corrected chi connectivity index (χ2v) is 9.92. The predicted octanol–water partition coefficient (Wildman–Crippen LogP) is 4.25. The van der Waals surface area contributed by atoms with Gasteiger partial charge in [-0.2, -0.15) is 0 Å². The van der Waals surface area contributed by atoms with Gasteiger partial charge >= 0.3 is 0 Å². The van der Waals surface area contributed by atoms with Crippen molar-refractivity contribution < 1.29 is 14.7 Å². The molecule has 0 spiro atoms. The minimum Gasteiger partial charge on any atom is -0.389 e.